The molecular weight excluding hydrogens is 381 g/mol. The van der Waals surface area contributed by atoms with E-state index in [0.717, 1.165) is 12.1 Å². The Labute approximate surface area is 153 Å². The summed E-state index contributed by atoms with van der Waals surface area (Å²) in [6.07, 6.45) is -4.42. The Bertz CT molecular complexity index is 1040. The monoisotopic (exact) mass is 396 g/mol. The van der Waals surface area contributed by atoms with Crippen LogP contribution in [-0.2, 0) is 22.7 Å². The van der Waals surface area contributed by atoms with Crippen molar-refractivity contribution in [3.8, 4) is 11.3 Å². The van der Waals surface area contributed by atoms with Crippen LogP contribution in [0.4, 0.5) is 18.9 Å². The van der Waals surface area contributed by atoms with E-state index in [0.29, 0.717) is 22.8 Å². The summed E-state index contributed by atoms with van der Waals surface area (Å²) in [5.41, 5.74) is 0.221. The van der Waals surface area contributed by atoms with Gasteiger partial charge in [0.15, 0.2) is 0 Å². The number of sulfonamides is 1. The van der Waals surface area contributed by atoms with E-state index in [9.17, 15) is 21.6 Å². The molecule has 3 aromatic rings. The highest BCUT2D eigenvalue weighted by atomic mass is 32.2. The van der Waals surface area contributed by atoms with Crippen molar-refractivity contribution in [1.82, 2.24) is 0 Å². The summed E-state index contributed by atoms with van der Waals surface area (Å²) in [6, 6.07) is 14.0. The molecule has 0 bridgehead atoms. The molecule has 0 aliphatic heterocycles. The SMILES string of the molecule is NS(=O)(=O)c1ccc(NCc2ccc(-c3cccc(C(F)(F)F)c3)o2)cc1. The highest BCUT2D eigenvalue weighted by Gasteiger charge is 2.30. The van der Waals surface area contributed by atoms with Gasteiger partial charge in [-0.2, -0.15) is 13.2 Å². The lowest BCUT2D eigenvalue weighted by atomic mass is 10.1. The highest BCUT2D eigenvalue weighted by Crippen LogP contribution is 2.32. The topological polar surface area (TPSA) is 85.3 Å². The third-order valence-electron chi connectivity index (χ3n) is 3.79. The molecule has 0 saturated heterocycles. The first-order valence-corrected chi connectivity index (χ1v) is 9.31. The average Bonchev–Trinajstić information content (AvgIpc) is 3.08. The molecule has 142 valence electrons. The van der Waals surface area contributed by atoms with Crippen LogP contribution in [0.3, 0.4) is 0 Å². The minimum atomic E-state index is -4.42. The minimum absolute atomic E-state index is 0.00196. The van der Waals surface area contributed by atoms with Gasteiger partial charge < -0.3 is 9.73 Å². The number of hydrogen-bond acceptors (Lipinski definition) is 4. The molecule has 0 amide bonds. The molecule has 9 heteroatoms. The first-order chi connectivity index (χ1) is 12.6. The quantitative estimate of drug-likeness (QED) is 0.676. The van der Waals surface area contributed by atoms with Crippen molar-refractivity contribution in [1.29, 1.82) is 0 Å². The van der Waals surface area contributed by atoms with Crippen LogP contribution in [0.5, 0.6) is 0 Å². The largest absolute Gasteiger partial charge is 0.459 e. The summed E-state index contributed by atoms with van der Waals surface area (Å²) in [6.45, 7) is 0.272. The second kappa shape index (κ2) is 7.09. The molecule has 2 aromatic carbocycles. The van der Waals surface area contributed by atoms with Gasteiger partial charge in [0.05, 0.1) is 17.0 Å². The fourth-order valence-corrected chi connectivity index (χ4v) is 2.94. The molecule has 3 rings (SSSR count). The van der Waals surface area contributed by atoms with Crippen molar-refractivity contribution in [3.05, 3.63) is 72.0 Å². The molecule has 27 heavy (non-hydrogen) atoms. The van der Waals surface area contributed by atoms with E-state index in [4.69, 9.17) is 9.56 Å². The van der Waals surface area contributed by atoms with Gasteiger partial charge in [0, 0.05) is 11.3 Å². The van der Waals surface area contributed by atoms with Gasteiger partial charge in [0.1, 0.15) is 11.5 Å². The van der Waals surface area contributed by atoms with Gasteiger partial charge in [-0.25, -0.2) is 13.6 Å². The Balaban J connectivity index is 1.70. The normalized spacial score (nSPS) is 12.1. The molecule has 0 unspecified atom stereocenters. The van der Waals surface area contributed by atoms with Gasteiger partial charge in [-0.1, -0.05) is 12.1 Å². The standard InChI is InChI=1S/C18H15F3N2O3S/c19-18(20,21)13-3-1-2-12(10-13)17-9-6-15(26-17)11-23-14-4-7-16(8-5-14)27(22,24)25/h1-10,23H,11H2,(H2,22,24,25). The molecule has 0 saturated carbocycles. The van der Waals surface area contributed by atoms with E-state index in [1.807, 2.05) is 0 Å². The summed E-state index contributed by atoms with van der Waals surface area (Å²) < 4.78 is 66.5. The van der Waals surface area contributed by atoms with Crippen LogP contribution in [0, 0.1) is 0 Å². The molecule has 0 aliphatic rings. The van der Waals surface area contributed by atoms with E-state index in [1.54, 1.807) is 24.3 Å². The van der Waals surface area contributed by atoms with Crippen molar-refractivity contribution in [2.75, 3.05) is 5.32 Å². The second-order valence-electron chi connectivity index (χ2n) is 5.77. The van der Waals surface area contributed by atoms with E-state index in [-0.39, 0.29) is 11.4 Å². The molecule has 0 radical (unpaired) electrons. The van der Waals surface area contributed by atoms with Crippen molar-refractivity contribution < 1.29 is 26.0 Å². The number of primary sulfonamides is 1. The number of furan rings is 1. The summed E-state index contributed by atoms with van der Waals surface area (Å²) in [4.78, 5) is -0.00196. The van der Waals surface area contributed by atoms with Gasteiger partial charge in [0.2, 0.25) is 10.0 Å². The Morgan fingerprint density at radius 3 is 2.33 bits per heavy atom. The number of rotatable bonds is 5. The zero-order chi connectivity index (χ0) is 19.7. The number of halogens is 3. The number of hydrogen-bond donors (Lipinski definition) is 2. The minimum Gasteiger partial charge on any atom is -0.459 e. The highest BCUT2D eigenvalue weighted by molar-refractivity contribution is 7.89. The third kappa shape index (κ3) is 4.69. The van der Waals surface area contributed by atoms with Crippen LogP contribution < -0.4 is 10.5 Å². The smallest absolute Gasteiger partial charge is 0.416 e. The van der Waals surface area contributed by atoms with E-state index in [1.165, 1.54) is 24.3 Å². The Kier molecular flexibility index (Phi) is 4.99. The zero-order valence-electron chi connectivity index (χ0n) is 13.8. The van der Waals surface area contributed by atoms with Crippen LogP contribution in [-0.4, -0.2) is 8.42 Å². The van der Waals surface area contributed by atoms with Gasteiger partial charge in [0.25, 0.3) is 0 Å². The molecule has 0 atom stereocenters. The summed E-state index contributed by atoms with van der Waals surface area (Å²) in [7, 11) is -3.75. The first kappa shape index (κ1) is 19.0. The zero-order valence-corrected chi connectivity index (χ0v) is 14.6. The van der Waals surface area contributed by atoms with E-state index >= 15 is 0 Å². The number of alkyl halides is 3. The Morgan fingerprint density at radius 2 is 1.70 bits per heavy atom. The van der Waals surface area contributed by atoms with Crippen molar-refractivity contribution in [2.24, 2.45) is 5.14 Å². The number of nitrogens with two attached hydrogens (primary N) is 1. The molecule has 0 spiro atoms. The molecule has 5 nitrogen and oxygen atoms in total. The fourth-order valence-electron chi connectivity index (χ4n) is 2.43. The van der Waals surface area contributed by atoms with Gasteiger partial charge in [-0.05, 0) is 48.5 Å². The fraction of sp³-hybridized carbons (Fsp3) is 0.111. The van der Waals surface area contributed by atoms with Crippen molar-refractivity contribution in [3.63, 3.8) is 0 Å². The van der Waals surface area contributed by atoms with Crippen LogP contribution in [0.25, 0.3) is 11.3 Å². The van der Waals surface area contributed by atoms with Crippen LogP contribution in [0.2, 0.25) is 0 Å². The Hall–Kier alpha value is -2.78. The summed E-state index contributed by atoms with van der Waals surface area (Å²) in [5.74, 6) is 0.834. The molecule has 0 fully saturated rings. The maximum atomic E-state index is 12.8. The maximum absolute atomic E-state index is 12.8. The van der Waals surface area contributed by atoms with Gasteiger partial charge in [-0.3, -0.25) is 0 Å². The lowest BCUT2D eigenvalue weighted by molar-refractivity contribution is -0.137. The van der Waals surface area contributed by atoms with Crippen LogP contribution >= 0.6 is 0 Å². The lowest BCUT2D eigenvalue weighted by Crippen LogP contribution is -2.11. The van der Waals surface area contributed by atoms with Crippen LogP contribution in [0.1, 0.15) is 11.3 Å². The predicted molar refractivity (Wildman–Crippen MR) is 94.3 cm³/mol. The lowest BCUT2D eigenvalue weighted by Gasteiger charge is -2.07. The second-order valence-corrected chi connectivity index (χ2v) is 7.33. The predicted octanol–water partition coefficient (Wildman–Crippen LogP) is 4.22. The first-order valence-electron chi connectivity index (χ1n) is 7.76. The number of anilines is 1. The van der Waals surface area contributed by atoms with Gasteiger partial charge in [-0.15, -0.1) is 0 Å². The van der Waals surface area contributed by atoms with Gasteiger partial charge >= 0.3 is 6.18 Å². The summed E-state index contributed by atoms with van der Waals surface area (Å²) >= 11 is 0. The third-order valence-corrected chi connectivity index (χ3v) is 4.71. The molecule has 3 N–H and O–H groups in total. The van der Waals surface area contributed by atoms with Crippen molar-refractivity contribution in [2.45, 2.75) is 17.6 Å². The molecular formula is C18H15F3N2O3S. The number of benzene rings is 2. The molecule has 0 aliphatic carbocycles. The van der Waals surface area contributed by atoms with Crippen LogP contribution in [0.15, 0.2) is 70.0 Å². The molecule has 1 aromatic heterocycles. The van der Waals surface area contributed by atoms with E-state index < -0.39 is 21.8 Å². The molecule has 1 heterocycles. The Morgan fingerprint density at radius 1 is 1.00 bits per heavy atom. The van der Waals surface area contributed by atoms with Crippen molar-refractivity contribution >= 4 is 15.7 Å². The number of nitrogens with one attached hydrogen (secondary N) is 1. The summed E-state index contributed by atoms with van der Waals surface area (Å²) in [5, 5.41) is 8.06. The maximum Gasteiger partial charge on any atom is 0.416 e. The average molecular weight is 396 g/mol. The van der Waals surface area contributed by atoms with E-state index in [2.05, 4.69) is 5.32 Å².